The molecule has 1 saturated heterocycles. The predicted molar refractivity (Wildman–Crippen MR) is 157 cm³/mol. The van der Waals surface area contributed by atoms with E-state index in [9.17, 15) is 22.4 Å². The molecule has 1 amide bonds. The highest BCUT2D eigenvalue weighted by Crippen LogP contribution is 2.32. The van der Waals surface area contributed by atoms with Crippen LogP contribution < -0.4 is 10.2 Å². The fraction of sp³-hybridized carbons (Fsp3) is 0.182. The Hall–Kier alpha value is -4.63. The first kappa shape index (κ1) is 27.5. The van der Waals surface area contributed by atoms with Crippen LogP contribution in [0.15, 0.2) is 97.2 Å². The van der Waals surface area contributed by atoms with Gasteiger partial charge >= 0.3 is 6.18 Å². The second kappa shape index (κ2) is 11.3. The predicted octanol–water partition coefficient (Wildman–Crippen LogP) is 7.57. The first-order valence-electron chi connectivity index (χ1n) is 13.7. The van der Waals surface area contributed by atoms with Crippen LogP contribution in [-0.2, 0) is 12.7 Å². The van der Waals surface area contributed by atoms with Crippen LogP contribution in [0.5, 0.6) is 0 Å². The molecule has 4 aromatic carbocycles. The largest absolute Gasteiger partial charge is 0.416 e. The van der Waals surface area contributed by atoms with Gasteiger partial charge in [0.1, 0.15) is 5.82 Å². The van der Waals surface area contributed by atoms with Gasteiger partial charge in [0.05, 0.1) is 5.56 Å². The van der Waals surface area contributed by atoms with E-state index in [0.29, 0.717) is 22.4 Å². The number of anilines is 2. The van der Waals surface area contributed by atoms with Crippen LogP contribution in [0.4, 0.5) is 28.9 Å². The molecule has 1 fully saturated rings. The number of carbonyl (C=O) groups excluding carboxylic acids is 1. The number of alkyl halides is 3. The molecule has 5 nitrogen and oxygen atoms in total. The smallest absolute Gasteiger partial charge is 0.369 e. The number of hydrogen-bond donors (Lipinski definition) is 2. The van der Waals surface area contributed by atoms with Gasteiger partial charge in [-0.2, -0.15) is 13.2 Å². The number of benzene rings is 4. The average molecular weight is 573 g/mol. The first-order chi connectivity index (χ1) is 20.2. The number of hydrogen-bond acceptors (Lipinski definition) is 3. The van der Waals surface area contributed by atoms with Crippen LogP contribution >= 0.6 is 0 Å². The number of carbonyl (C=O) groups is 1. The van der Waals surface area contributed by atoms with Crippen LogP contribution in [0.2, 0.25) is 0 Å². The number of aromatic nitrogens is 1. The van der Waals surface area contributed by atoms with Gasteiger partial charge in [0, 0.05) is 66.8 Å². The Labute approximate surface area is 240 Å². The molecule has 214 valence electrons. The zero-order valence-electron chi connectivity index (χ0n) is 22.6. The lowest BCUT2D eigenvalue weighted by atomic mass is 9.98. The lowest BCUT2D eigenvalue weighted by Crippen LogP contribution is -2.45. The number of nitrogens with zero attached hydrogens (tertiary/aromatic N) is 2. The summed E-state index contributed by atoms with van der Waals surface area (Å²) >= 11 is 0. The zero-order chi connectivity index (χ0) is 29.3. The molecule has 2 N–H and O–H groups in total. The molecule has 5 aromatic rings. The summed E-state index contributed by atoms with van der Waals surface area (Å²) in [5, 5.41) is 3.82. The van der Waals surface area contributed by atoms with E-state index >= 15 is 0 Å². The van der Waals surface area contributed by atoms with E-state index < -0.39 is 11.7 Å². The van der Waals surface area contributed by atoms with Gasteiger partial charge in [-0.05, 0) is 77.4 Å². The number of aromatic amines is 1. The Balaban J connectivity index is 1.07. The van der Waals surface area contributed by atoms with E-state index in [1.54, 1.807) is 36.4 Å². The molecule has 1 aliphatic rings. The average Bonchev–Trinajstić information content (AvgIpc) is 3.39. The highest BCUT2D eigenvalue weighted by Gasteiger charge is 2.30. The molecule has 0 radical (unpaired) electrons. The number of nitrogens with one attached hydrogen (secondary N) is 2. The lowest BCUT2D eigenvalue weighted by Gasteiger charge is -2.36. The van der Waals surface area contributed by atoms with Gasteiger partial charge < -0.3 is 15.2 Å². The maximum Gasteiger partial charge on any atom is 0.416 e. The summed E-state index contributed by atoms with van der Waals surface area (Å²) in [6.45, 7) is 4.14. The summed E-state index contributed by atoms with van der Waals surface area (Å²) in [6, 6.07) is 24.1. The number of fused-ring (bicyclic) bond motifs is 1. The van der Waals surface area contributed by atoms with Crippen LogP contribution in [0, 0.1) is 5.82 Å². The Kier molecular flexibility index (Phi) is 7.43. The summed E-state index contributed by atoms with van der Waals surface area (Å²) < 4.78 is 52.7. The van der Waals surface area contributed by atoms with E-state index in [2.05, 4.69) is 20.1 Å². The van der Waals surface area contributed by atoms with E-state index in [0.717, 1.165) is 67.0 Å². The summed E-state index contributed by atoms with van der Waals surface area (Å²) in [7, 11) is 0. The van der Waals surface area contributed by atoms with Crippen molar-refractivity contribution in [3.63, 3.8) is 0 Å². The fourth-order valence-electron chi connectivity index (χ4n) is 5.41. The Morgan fingerprint density at radius 2 is 1.57 bits per heavy atom. The molecule has 0 saturated carbocycles. The minimum atomic E-state index is -4.42. The molecule has 1 aliphatic heterocycles. The summed E-state index contributed by atoms with van der Waals surface area (Å²) in [4.78, 5) is 21.0. The molecule has 0 unspecified atom stereocenters. The summed E-state index contributed by atoms with van der Waals surface area (Å²) in [5.41, 5.74) is 4.40. The van der Waals surface area contributed by atoms with Gasteiger partial charge in [0.15, 0.2) is 0 Å². The fourth-order valence-corrected chi connectivity index (χ4v) is 5.41. The Morgan fingerprint density at radius 3 is 2.29 bits per heavy atom. The van der Waals surface area contributed by atoms with Crippen molar-refractivity contribution in [1.29, 1.82) is 0 Å². The Bertz CT molecular complexity index is 1700. The lowest BCUT2D eigenvalue weighted by molar-refractivity contribution is -0.137. The molecular weight excluding hydrogens is 544 g/mol. The number of amides is 1. The van der Waals surface area contributed by atoms with Crippen LogP contribution in [0.25, 0.3) is 22.0 Å². The van der Waals surface area contributed by atoms with Crippen molar-refractivity contribution >= 4 is 28.2 Å². The van der Waals surface area contributed by atoms with Gasteiger partial charge in [0.25, 0.3) is 5.91 Å². The molecule has 2 heterocycles. The molecule has 9 heteroatoms. The number of halogens is 4. The third kappa shape index (κ3) is 5.87. The van der Waals surface area contributed by atoms with E-state index in [-0.39, 0.29) is 11.7 Å². The minimum Gasteiger partial charge on any atom is -0.369 e. The van der Waals surface area contributed by atoms with Crippen molar-refractivity contribution in [2.75, 3.05) is 36.4 Å². The van der Waals surface area contributed by atoms with Crippen molar-refractivity contribution in [2.45, 2.75) is 12.7 Å². The maximum atomic E-state index is 13.7. The zero-order valence-corrected chi connectivity index (χ0v) is 22.6. The molecule has 6 rings (SSSR count). The van der Waals surface area contributed by atoms with Gasteiger partial charge in [0.2, 0.25) is 0 Å². The van der Waals surface area contributed by atoms with Gasteiger partial charge in [-0.3, -0.25) is 9.69 Å². The van der Waals surface area contributed by atoms with Gasteiger partial charge in [-0.25, -0.2) is 4.39 Å². The number of piperazine rings is 1. The molecule has 42 heavy (non-hydrogen) atoms. The molecule has 0 atom stereocenters. The van der Waals surface area contributed by atoms with Gasteiger partial charge in [-0.1, -0.05) is 30.3 Å². The summed E-state index contributed by atoms with van der Waals surface area (Å²) in [6.07, 6.45) is -2.47. The van der Waals surface area contributed by atoms with E-state index in [4.69, 9.17) is 0 Å². The highest BCUT2D eigenvalue weighted by molar-refractivity contribution is 6.08. The van der Waals surface area contributed by atoms with Crippen molar-refractivity contribution in [1.82, 2.24) is 9.88 Å². The van der Waals surface area contributed by atoms with Crippen LogP contribution in [-0.4, -0.2) is 42.0 Å². The quantitative estimate of drug-likeness (QED) is 0.207. The van der Waals surface area contributed by atoms with Crippen molar-refractivity contribution in [2.24, 2.45) is 0 Å². The van der Waals surface area contributed by atoms with E-state index in [1.165, 1.54) is 18.2 Å². The third-order valence-electron chi connectivity index (χ3n) is 7.68. The second-order valence-corrected chi connectivity index (χ2v) is 10.4. The molecular formula is C33H28F4N4O. The van der Waals surface area contributed by atoms with E-state index in [1.807, 2.05) is 30.5 Å². The molecule has 0 spiro atoms. The SMILES string of the molecule is O=C(Nc1ccc(N2CCN(Cc3c[nH]c4ccc(F)cc34)CC2)cc1)c1ccccc1-c1ccc(C(F)(F)F)cc1. The normalized spacial score (nSPS) is 14.3. The van der Waals surface area contributed by atoms with Crippen molar-refractivity contribution in [3.05, 3.63) is 120 Å². The van der Waals surface area contributed by atoms with Crippen LogP contribution in [0.1, 0.15) is 21.5 Å². The second-order valence-electron chi connectivity index (χ2n) is 10.4. The van der Waals surface area contributed by atoms with Crippen LogP contribution in [0.3, 0.4) is 0 Å². The minimum absolute atomic E-state index is 0.240. The molecule has 1 aromatic heterocycles. The highest BCUT2D eigenvalue weighted by atomic mass is 19.4. The maximum absolute atomic E-state index is 13.7. The van der Waals surface area contributed by atoms with Crippen molar-refractivity contribution in [3.8, 4) is 11.1 Å². The third-order valence-corrected chi connectivity index (χ3v) is 7.68. The standard InChI is InChI=1S/C33H28F4N4O/c34-25-9-14-31-30(19-25)23(20-38-31)21-40-15-17-41(18-16-40)27-12-10-26(11-13-27)39-32(42)29-4-2-1-3-28(29)22-5-7-24(8-6-22)33(35,36)37/h1-14,19-20,38H,15-18,21H2,(H,39,42). The van der Waals surface area contributed by atoms with Gasteiger partial charge in [-0.15, -0.1) is 0 Å². The monoisotopic (exact) mass is 572 g/mol. The molecule has 0 aliphatic carbocycles. The molecule has 0 bridgehead atoms. The topological polar surface area (TPSA) is 51.4 Å². The Morgan fingerprint density at radius 1 is 0.857 bits per heavy atom. The number of rotatable bonds is 6. The van der Waals surface area contributed by atoms with Crippen molar-refractivity contribution < 1.29 is 22.4 Å². The number of H-pyrrole nitrogens is 1. The summed E-state index contributed by atoms with van der Waals surface area (Å²) in [5.74, 6) is -0.583. The first-order valence-corrected chi connectivity index (χ1v) is 13.7.